The molecule has 1 rings (SSSR count). The van der Waals surface area contributed by atoms with Crippen molar-refractivity contribution >= 4 is 5.91 Å². The van der Waals surface area contributed by atoms with Gasteiger partial charge < -0.3 is 11.1 Å². The van der Waals surface area contributed by atoms with E-state index in [2.05, 4.69) is 38.2 Å². The van der Waals surface area contributed by atoms with Crippen LogP contribution in [0.1, 0.15) is 44.2 Å². The Labute approximate surface area is 122 Å². The molecular weight excluding hydrogens is 248 g/mol. The monoisotopic (exact) mass is 276 g/mol. The summed E-state index contributed by atoms with van der Waals surface area (Å²) in [6.07, 6.45) is 2.52. The molecule has 3 nitrogen and oxygen atoms in total. The predicted molar refractivity (Wildman–Crippen MR) is 84.3 cm³/mol. The second-order valence-corrected chi connectivity index (χ2v) is 5.89. The summed E-state index contributed by atoms with van der Waals surface area (Å²) in [5, 5.41) is 2.99. The van der Waals surface area contributed by atoms with Crippen LogP contribution in [0.5, 0.6) is 0 Å². The molecule has 1 unspecified atom stereocenters. The van der Waals surface area contributed by atoms with E-state index in [0.717, 1.165) is 18.4 Å². The Bertz CT molecular complexity index is 415. The molecule has 0 heterocycles. The van der Waals surface area contributed by atoms with Crippen LogP contribution in [0.25, 0.3) is 0 Å². The number of nitrogens with one attached hydrogen (secondary N) is 1. The van der Waals surface area contributed by atoms with Gasteiger partial charge in [-0.3, -0.25) is 4.79 Å². The highest BCUT2D eigenvalue weighted by atomic mass is 16.1. The molecular formula is C17H28N2O. The van der Waals surface area contributed by atoms with Crippen LogP contribution in [0.3, 0.4) is 0 Å². The van der Waals surface area contributed by atoms with E-state index in [4.69, 9.17) is 5.73 Å². The van der Waals surface area contributed by atoms with Gasteiger partial charge in [0.25, 0.3) is 0 Å². The van der Waals surface area contributed by atoms with E-state index in [1.165, 1.54) is 5.56 Å². The van der Waals surface area contributed by atoms with Gasteiger partial charge in [0, 0.05) is 13.0 Å². The Morgan fingerprint density at radius 3 is 2.65 bits per heavy atom. The number of carbonyl (C=O) groups excluding carboxylic acids is 1. The second-order valence-electron chi connectivity index (χ2n) is 5.89. The van der Waals surface area contributed by atoms with Gasteiger partial charge in [-0.25, -0.2) is 0 Å². The van der Waals surface area contributed by atoms with Crippen LogP contribution in [0.2, 0.25) is 0 Å². The lowest BCUT2D eigenvalue weighted by molar-refractivity contribution is -0.121. The first kappa shape index (κ1) is 16.7. The number of amides is 1. The summed E-state index contributed by atoms with van der Waals surface area (Å²) in [5.41, 5.74) is 8.00. The van der Waals surface area contributed by atoms with E-state index in [-0.39, 0.29) is 5.91 Å². The Balaban J connectivity index is 2.33. The zero-order valence-electron chi connectivity index (χ0n) is 13.0. The van der Waals surface area contributed by atoms with Crippen molar-refractivity contribution in [2.75, 3.05) is 6.54 Å². The number of nitrogens with two attached hydrogens (primary N) is 1. The molecule has 0 saturated heterocycles. The van der Waals surface area contributed by atoms with E-state index in [0.29, 0.717) is 31.3 Å². The van der Waals surface area contributed by atoms with Gasteiger partial charge in [-0.1, -0.05) is 43.7 Å². The van der Waals surface area contributed by atoms with Gasteiger partial charge in [0.05, 0.1) is 0 Å². The number of hydrogen-bond acceptors (Lipinski definition) is 2. The minimum absolute atomic E-state index is 0.133. The van der Waals surface area contributed by atoms with Crippen molar-refractivity contribution in [2.24, 2.45) is 17.6 Å². The number of hydrogen-bond donors (Lipinski definition) is 2. The van der Waals surface area contributed by atoms with Crippen LogP contribution in [0, 0.1) is 18.8 Å². The second kappa shape index (κ2) is 8.75. The fraction of sp³-hybridized carbons (Fsp3) is 0.588. The molecule has 0 radical (unpaired) electrons. The first-order chi connectivity index (χ1) is 9.52. The Morgan fingerprint density at radius 2 is 2.05 bits per heavy atom. The molecule has 1 amide bonds. The zero-order chi connectivity index (χ0) is 15.0. The molecule has 1 aromatic rings. The van der Waals surface area contributed by atoms with E-state index >= 15 is 0 Å². The van der Waals surface area contributed by atoms with Crippen LogP contribution in [0.15, 0.2) is 24.3 Å². The van der Waals surface area contributed by atoms with Crippen LogP contribution in [-0.4, -0.2) is 12.5 Å². The Morgan fingerprint density at radius 1 is 1.30 bits per heavy atom. The highest BCUT2D eigenvalue weighted by Crippen LogP contribution is 2.20. The molecule has 0 aromatic heterocycles. The molecule has 3 heteroatoms. The molecule has 0 spiro atoms. The minimum Gasteiger partial charge on any atom is -0.352 e. The van der Waals surface area contributed by atoms with Crippen molar-refractivity contribution in [3.05, 3.63) is 35.4 Å². The van der Waals surface area contributed by atoms with Gasteiger partial charge in [0.15, 0.2) is 0 Å². The fourth-order valence-electron chi connectivity index (χ4n) is 2.45. The first-order valence-electron chi connectivity index (χ1n) is 7.55. The van der Waals surface area contributed by atoms with Crippen molar-refractivity contribution in [1.29, 1.82) is 0 Å². The highest BCUT2D eigenvalue weighted by molar-refractivity contribution is 5.75. The van der Waals surface area contributed by atoms with Gasteiger partial charge >= 0.3 is 0 Å². The lowest BCUT2D eigenvalue weighted by Gasteiger charge is -2.19. The van der Waals surface area contributed by atoms with Gasteiger partial charge in [-0.2, -0.15) is 0 Å². The lowest BCUT2D eigenvalue weighted by Crippen LogP contribution is -2.24. The van der Waals surface area contributed by atoms with Crippen LogP contribution in [0.4, 0.5) is 0 Å². The molecule has 1 atom stereocenters. The summed E-state index contributed by atoms with van der Waals surface area (Å²) in [4.78, 5) is 11.9. The van der Waals surface area contributed by atoms with Gasteiger partial charge in [0.2, 0.25) is 5.91 Å². The number of benzene rings is 1. The predicted octanol–water partition coefficient (Wildman–Crippen LogP) is 3.01. The van der Waals surface area contributed by atoms with Crippen LogP contribution in [-0.2, 0) is 11.3 Å². The van der Waals surface area contributed by atoms with E-state index < -0.39 is 0 Å². The molecule has 3 N–H and O–H groups in total. The van der Waals surface area contributed by atoms with Crippen molar-refractivity contribution in [2.45, 2.75) is 46.6 Å². The van der Waals surface area contributed by atoms with Gasteiger partial charge in [-0.05, 0) is 43.7 Å². The van der Waals surface area contributed by atoms with Crippen molar-refractivity contribution in [1.82, 2.24) is 5.32 Å². The van der Waals surface area contributed by atoms with E-state index in [1.807, 2.05) is 12.1 Å². The maximum absolute atomic E-state index is 11.9. The first-order valence-corrected chi connectivity index (χ1v) is 7.55. The molecule has 0 saturated carbocycles. The largest absolute Gasteiger partial charge is 0.352 e. The number of rotatable bonds is 8. The van der Waals surface area contributed by atoms with Crippen molar-refractivity contribution in [3.63, 3.8) is 0 Å². The molecule has 112 valence electrons. The van der Waals surface area contributed by atoms with E-state index in [1.54, 1.807) is 0 Å². The summed E-state index contributed by atoms with van der Waals surface area (Å²) in [6, 6.07) is 8.22. The van der Waals surface area contributed by atoms with Crippen LogP contribution < -0.4 is 11.1 Å². The smallest absolute Gasteiger partial charge is 0.220 e. The standard InChI is InChI=1S/C17H28N2O/c1-13(2)16(9-10-18)7-8-17(20)19-12-15-6-4-5-14(3)11-15/h4-6,11,13,16H,7-10,12,18H2,1-3H3,(H,19,20). The van der Waals surface area contributed by atoms with Gasteiger partial charge in [0.1, 0.15) is 0 Å². The summed E-state index contributed by atoms with van der Waals surface area (Å²) >= 11 is 0. The third-order valence-electron chi connectivity index (χ3n) is 3.79. The molecule has 0 bridgehead atoms. The number of aryl methyl sites for hydroxylation is 1. The summed E-state index contributed by atoms with van der Waals surface area (Å²) < 4.78 is 0. The molecule has 1 aromatic carbocycles. The molecule has 0 aliphatic carbocycles. The number of carbonyl (C=O) groups is 1. The topological polar surface area (TPSA) is 55.1 Å². The minimum atomic E-state index is 0.133. The zero-order valence-corrected chi connectivity index (χ0v) is 13.0. The third-order valence-corrected chi connectivity index (χ3v) is 3.79. The van der Waals surface area contributed by atoms with Crippen LogP contribution >= 0.6 is 0 Å². The quantitative estimate of drug-likeness (QED) is 0.767. The van der Waals surface area contributed by atoms with Crippen molar-refractivity contribution in [3.8, 4) is 0 Å². The molecule has 20 heavy (non-hydrogen) atoms. The van der Waals surface area contributed by atoms with Crippen molar-refractivity contribution < 1.29 is 4.79 Å². The maximum atomic E-state index is 11.9. The maximum Gasteiger partial charge on any atom is 0.220 e. The van der Waals surface area contributed by atoms with Gasteiger partial charge in [-0.15, -0.1) is 0 Å². The third kappa shape index (κ3) is 6.20. The highest BCUT2D eigenvalue weighted by Gasteiger charge is 2.14. The lowest BCUT2D eigenvalue weighted by atomic mass is 9.88. The molecule has 0 aliphatic heterocycles. The fourth-order valence-corrected chi connectivity index (χ4v) is 2.45. The SMILES string of the molecule is Cc1cccc(CNC(=O)CCC(CCN)C(C)C)c1. The summed E-state index contributed by atoms with van der Waals surface area (Å²) in [5.74, 6) is 1.27. The summed E-state index contributed by atoms with van der Waals surface area (Å²) in [7, 11) is 0. The van der Waals surface area contributed by atoms with E-state index in [9.17, 15) is 4.79 Å². The molecule has 0 aliphatic rings. The normalized spacial score (nSPS) is 12.4. The summed E-state index contributed by atoms with van der Waals surface area (Å²) in [6.45, 7) is 7.78. The average Bonchev–Trinajstić information content (AvgIpc) is 2.41. The average molecular weight is 276 g/mol. The Kier molecular flexibility index (Phi) is 7.31. The Hall–Kier alpha value is -1.35. The molecule has 0 fully saturated rings.